The maximum absolute atomic E-state index is 14.1. The van der Waals surface area contributed by atoms with Crippen molar-refractivity contribution in [2.45, 2.75) is 44.2 Å². The van der Waals surface area contributed by atoms with Crippen LogP contribution < -0.4 is 10.2 Å². The number of morpholine rings is 1. The molecule has 3 aromatic rings. The minimum atomic E-state index is -3.25. The van der Waals surface area contributed by atoms with Crippen molar-refractivity contribution in [3.8, 4) is 5.82 Å². The van der Waals surface area contributed by atoms with Gasteiger partial charge in [0.2, 0.25) is 16.0 Å². The Labute approximate surface area is 219 Å². The summed E-state index contributed by atoms with van der Waals surface area (Å²) in [4.78, 5) is 15.6. The van der Waals surface area contributed by atoms with Crippen molar-refractivity contribution < 1.29 is 21.9 Å². The van der Waals surface area contributed by atoms with Crippen LogP contribution >= 0.6 is 0 Å². The number of sulfonamides is 1. The van der Waals surface area contributed by atoms with Crippen molar-refractivity contribution in [1.82, 2.24) is 23.8 Å². The minimum Gasteiger partial charge on any atom is -0.378 e. The molecule has 10 nitrogen and oxygen atoms in total. The van der Waals surface area contributed by atoms with Crippen LogP contribution in [0.4, 0.5) is 20.5 Å². The molecule has 2 aliphatic heterocycles. The monoisotopic (exact) mass is 545 g/mol. The summed E-state index contributed by atoms with van der Waals surface area (Å²) < 4.78 is 61.1. The second kappa shape index (κ2) is 10.1. The summed E-state index contributed by atoms with van der Waals surface area (Å²) >= 11 is 0. The van der Waals surface area contributed by atoms with E-state index in [9.17, 15) is 17.2 Å². The molecule has 1 aromatic carbocycles. The average Bonchev–Trinajstić information content (AvgIpc) is 3.49. The lowest BCUT2D eigenvalue weighted by molar-refractivity contribution is 0.122. The summed E-state index contributed by atoms with van der Waals surface area (Å²) in [6.07, 6.45) is 3.46. The van der Waals surface area contributed by atoms with Gasteiger partial charge < -0.3 is 15.0 Å². The molecule has 3 aliphatic rings. The second-order valence-electron chi connectivity index (χ2n) is 9.75. The zero-order valence-electron chi connectivity index (χ0n) is 20.7. The Balaban J connectivity index is 1.31. The third-order valence-corrected chi connectivity index (χ3v) is 8.99. The fourth-order valence-corrected chi connectivity index (χ4v) is 6.88. The fraction of sp³-hybridized carbons (Fsp3) is 0.480. The average molecular weight is 546 g/mol. The third-order valence-electron chi connectivity index (χ3n) is 7.32. The molecule has 0 bridgehead atoms. The highest BCUT2D eigenvalue weighted by molar-refractivity contribution is 7.89. The summed E-state index contributed by atoms with van der Waals surface area (Å²) in [6.45, 7) is 2.36. The molecular formula is C25H29F2N7O3S. The van der Waals surface area contributed by atoms with Crippen LogP contribution in [0.1, 0.15) is 37.9 Å². The van der Waals surface area contributed by atoms with Gasteiger partial charge in [0.05, 0.1) is 30.0 Å². The van der Waals surface area contributed by atoms with Crippen LogP contribution in [0.2, 0.25) is 0 Å². The molecule has 1 N–H and O–H groups in total. The van der Waals surface area contributed by atoms with Gasteiger partial charge in [0, 0.05) is 37.4 Å². The fourth-order valence-electron chi connectivity index (χ4n) is 5.44. The van der Waals surface area contributed by atoms with Crippen LogP contribution in [0.25, 0.3) is 16.9 Å². The van der Waals surface area contributed by atoms with Crippen molar-refractivity contribution in [3.63, 3.8) is 0 Å². The molecule has 1 saturated carbocycles. The Morgan fingerprint density at radius 3 is 2.45 bits per heavy atom. The van der Waals surface area contributed by atoms with Crippen molar-refractivity contribution >= 4 is 32.8 Å². The van der Waals surface area contributed by atoms with Gasteiger partial charge >= 0.3 is 0 Å². The quantitative estimate of drug-likeness (QED) is 0.502. The number of halogens is 2. The highest BCUT2D eigenvalue weighted by Gasteiger charge is 2.33. The van der Waals surface area contributed by atoms with Gasteiger partial charge in [0.15, 0.2) is 5.82 Å². The van der Waals surface area contributed by atoms with Crippen molar-refractivity contribution in [3.05, 3.63) is 48.4 Å². The van der Waals surface area contributed by atoms with Gasteiger partial charge in [-0.25, -0.2) is 22.2 Å². The summed E-state index contributed by atoms with van der Waals surface area (Å²) in [5.74, 6) is 0.971. The van der Waals surface area contributed by atoms with Crippen LogP contribution in [0.15, 0.2) is 42.6 Å². The van der Waals surface area contributed by atoms with Crippen molar-refractivity contribution in [1.29, 1.82) is 0 Å². The lowest BCUT2D eigenvalue weighted by Gasteiger charge is -2.34. The molecule has 2 fully saturated rings. The number of aromatic nitrogens is 4. The van der Waals surface area contributed by atoms with E-state index in [2.05, 4.69) is 20.2 Å². The molecule has 1 saturated heterocycles. The predicted molar refractivity (Wildman–Crippen MR) is 139 cm³/mol. The molecule has 0 amide bonds. The standard InChI is InChI=1S/C25H29F2N7O3S/c26-23(27)24-29-19-4-1-2-5-20(19)34(24)22-16-21(32-11-13-37-14-12-32)30-25(31-22)28-17-6-8-18(9-7-17)33-10-3-15-38(33,35)36/h1-5,10,16-18,23H,6-9,11-15H2,(H,28,30,31). The Bertz CT molecular complexity index is 1450. The van der Waals surface area contributed by atoms with E-state index in [1.807, 2.05) is 0 Å². The van der Waals surface area contributed by atoms with E-state index < -0.39 is 16.4 Å². The number of hydrogen-bond acceptors (Lipinski definition) is 8. The number of fused-ring (bicyclic) bond motifs is 1. The number of ether oxygens (including phenoxy) is 1. The van der Waals surface area contributed by atoms with Gasteiger partial charge in [-0.05, 0) is 37.8 Å². The van der Waals surface area contributed by atoms with Crippen LogP contribution in [0.3, 0.4) is 0 Å². The Morgan fingerprint density at radius 2 is 1.74 bits per heavy atom. The molecule has 38 heavy (non-hydrogen) atoms. The maximum Gasteiger partial charge on any atom is 0.296 e. The van der Waals surface area contributed by atoms with E-state index in [1.165, 1.54) is 8.87 Å². The van der Waals surface area contributed by atoms with Crippen molar-refractivity contribution in [2.24, 2.45) is 0 Å². The highest BCUT2D eigenvalue weighted by Crippen LogP contribution is 2.31. The second-order valence-corrected chi connectivity index (χ2v) is 11.7. The number of anilines is 2. The number of nitrogens with one attached hydrogen (secondary N) is 1. The van der Waals surface area contributed by atoms with E-state index in [4.69, 9.17) is 9.72 Å². The Kier molecular flexibility index (Phi) is 6.64. The molecule has 13 heteroatoms. The molecule has 6 rings (SSSR count). The van der Waals surface area contributed by atoms with Crippen LogP contribution in [0, 0.1) is 0 Å². The normalized spacial score (nSPS) is 23.4. The molecule has 0 spiro atoms. The van der Waals surface area contributed by atoms with Gasteiger partial charge in [-0.15, -0.1) is 0 Å². The van der Waals surface area contributed by atoms with Crippen LogP contribution in [-0.2, 0) is 14.8 Å². The lowest BCUT2D eigenvalue weighted by atomic mass is 9.91. The first-order valence-electron chi connectivity index (χ1n) is 12.8. The SMILES string of the molecule is O=S1(=O)CC=CN1C1CCC(Nc2nc(N3CCOCC3)cc(-n3c(C(F)F)nc4ccccc43)n2)CC1. The van der Waals surface area contributed by atoms with Crippen LogP contribution in [0.5, 0.6) is 0 Å². The molecular weight excluding hydrogens is 516 g/mol. The number of rotatable bonds is 6. The maximum atomic E-state index is 14.1. The summed E-state index contributed by atoms with van der Waals surface area (Å²) in [5.41, 5.74) is 1.01. The number of alkyl halides is 2. The van der Waals surface area contributed by atoms with E-state index >= 15 is 0 Å². The van der Waals surface area contributed by atoms with Gasteiger partial charge in [-0.3, -0.25) is 8.87 Å². The lowest BCUT2D eigenvalue weighted by Crippen LogP contribution is -2.40. The van der Waals surface area contributed by atoms with Crippen molar-refractivity contribution in [2.75, 3.05) is 42.3 Å². The first kappa shape index (κ1) is 25.0. The largest absolute Gasteiger partial charge is 0.378 e. The highest BCUT2D eigenvalue weighted by atomic mass is 32.2. The zero-order chi connectivity index (χ0) is 26.3. The smallest absolute Gasteiger partial charge is 0.296 e. The van der Waals surface area contributed by atoms with E-state index in [-0.39, 0.29) is 23.7 Å². The third kappa shape index (κ3) is 4.80. The van der Waals surface area contributed by atoms with E-state index in [0.29, 0.717) is 67.8 Å². The summed E-state index contributed by atoms with van der Waals surface area (Å²) in [5, 5.41) is 3.40. The number of hydrogen-bond donors (Lipinski definition) is 1. The molecule has 0 radical (unpaired) electrons. The number of para-hydroxylation sites is 2. The number of imidazole rings is 1. The minimum absolute atomic E-state index is 0.0300. The molecule has 0 unspecified atom stereocenters. The Morgan fingerprint density at radius 1 is 1.00 bits per heavy atom. The van der Waals surface area contributed by atoms with Gasteiger partial charge in [0.1, 0.15) is 11.6 Å². The first-order chi connectivity index (χ1) is 18.4. The predicted octanol–water partition coefficient (Wildman–Crippen LogP) is 3.47. The van der Waals surface area contributed by atoms with Crippen LogP contribution in [-0.4, -0.2) is 76.4 Å². The zero-order valence-corrected chi connectivity index (χ0v) is 21.5. The first-order valence-corrected chi connectivity index (χ1v) is 14.4. The van der Waals surface area contributed by atoms with Gasteiger partial charge in [0.25, 0.3) is 6.43 Å². The molecule has 0 atom stereocenters. The van der Waals surface area contributed by atoms with Gasteiger partial charge in [-0.1, -0.05) is 18.2 Å². The van der Waals surface area contributed by atoms with Gasteiger partial charge in [-0.2, -0.15) is 9.97 Å². The topological polar surface area (TPSA) is 105 Å². The van der Waals surface area contributed by atoms with E-state index in [0.717, 1.165) is 12.8 Å². The summed E-state index contributed by atoms with van der Waals surface area (Å²) in [7, 11) is -3.25. The summed E-state index contributed by atoms with van der Waals surface area (Å²) in [6, 6.07) is 8.70. The Hall–Kier alpha value is -3.32. The van der Waals surface area contributed by atoms with E-state index in [1.54, 1.807) is 42.6 Å². The molecule has 2 aromatic heterocycles. The molecule has 1 aliphatic carbocycles. The molecule has 4 heterocycles. The number of nitrogens with zero attached hydrogens (tertiary/aromatic N) is 6. The molecule has 202 valence electrons. The number of benzene rings is 1.